The fourth-order valence-corrected chi connectivity index (χ4v) is 1.95. The highest BCUT2D eigenvalue weighted by molar-refractivity contribution is 6.30. The van der Waals surface area contributed by atoms with Crippen molar-refractivity contribution in [3.8, 4) is 0 Å². The molecule has 88 valence electrons. The minimum atomic E-state index is 0.0754. The number of benzene rings is 1. The van der Waals surface area contributed by atoms with Crippen LogP contribution < -0.4 is 5.73 Å². The summed E-state index contributed by atoms with van der Waals surface area (Å²) in [4.78, 5) is 16.1. The maximum atomic E-state index is 11.6. The molecule has 4 heteroatoms. The molecule has 3 nitrogen and oxygen atoms in total. The van der Waals surface area contributed by atoms with Crippen LogP contribution in [0.15, 0.2) is 41.0 Å². The lowest BCUT2D eigenvalue weighted by Gasteiger charge is -2.15. The van der Waals surface area contributed by atoms with E-state index >= 15 is 0 Å². The number of Topliss-reactive ketones (excluding diaryl/α,β-unsaturated/α-hetero) is 1. The molecule has 0 bridgehead atoms. The lowest BCUT2D eigenvalue weighted by Crippen LogP contribution is -2.20. The molecule has 0 heterocycles. The van der Waals surface area contributed by atoms with E-state index in [2.05, 4.69) is 4.99 Å². The fraction of sp³-hybridized carbons (Fsp3) is 0.231. The Labute approximate surface area is 105 Å². The van der Waals surface area contributed by atoms with Crippen LogP contribution in [0.4, 0.5) is 5.69 Å². The number of hydrogen-bond donors (Lipinski definition) is 1. The maximum absolute atomic E-state index is 11.6. The molecule has 2 rings (SSSR count). The van der Waals surface area contributed by atoms with Crippen molar-refractivity contribution < 1.29 is 4.79 Å². The van der Waals surface area contributed by atoms with Gasteiger partial charge in [0.2, 0.25) is 0 Å². The minimum Gasteiger partial charge on any atom is -0.404 e. The Bertz CT molecular complexity index is 489. The number of nitrogens with two attached hydrogens (primary N) is 1. The number of ketones is 1. The minimum absolute atomic E-state index is 0.0754. The average molecular weight is 249 g/mol. The predicted molar refractivity (Wildman–Crippen MR) is 69.7 cm³/mol. The summed E-state index contributed by atoms with van der Waals surface area (Å²) in [5.74, 6) is 0.0754. The Balaban J connectivity index is 2.31. The van der Waals surface area contributed by atoms with Gasteiger partial charge in [0, 0.05) is 17.6 Å². The molecule has 0 aliphatic heterocycles. The highest BCUT2D eigenvalue weighted by Crippen LogP contribution is 2.22. The Morgan fingerprint density at radius 2 is 1.94 bits per heavy atom. The second kappa shape index (κ2) is 5.15. The van der Waals surface area contributed by atoms with Crippen molar-refractivity contribution in [3.63, 3.8) is 0 Å². The number of allylic oxidation sites excluding steroid dienone is 1. The molecule has 2 N–H and O–H groups in total. The van der Waals surface area contributed by atoms with Crippen LogP contribution in [-0.2, 0) is 4.79 Å². The third kappa shape index (κ3) is 2.74. The average Bonchev–Trinajstić information content (AvgIpc) is 2.32. The first-order chi connectivity index (χ1) is 8.20. The number of carbonyl (C=O) groups excluding carboxylic acids is 1. The summed E-state index contributed by atoms with van der Waals surface area (Å²) in [6.45, 7) is 0. The Kier molecular flexibility index (Phi) is 3.59. The van der Waals surface area contributed by atoms with Crippen LogP contribution in [0.1, 0.15) is 19.3 Å². The van der Waals surface area contributed by atoms with E-state index in [-0.39, 0.29) is 5.78 Å². The summed E-state index contributed by atoms with van der Waals surface area (Å²) in [5, 5.41) is 0.670. The normalized spacial score (nSPS) is 21.1. The Morgan fingerprint density at radius 3 is 2.59 bits per heavy atom. The molecule has 0 atom stereocenters. The van der Waals surface area contributed by atoms with Crippen LogP contribution in [0.25, 0.3) is 0 Å². The highest BCUT2D eigenvalue weighted by Gasteiger charge is 2.20. The molecule has 0 unspecified atom stereocenters. The molecular weight excluding hydrogens is 236 g/mol. The van der Waals surface area contributed by atoms with Gasteiger partial charge in [-0.25, -0.2) is 0 Å². The first-order valence-corrected chi connectivity index (χ1v) is 5.87. The van der Waals surface area contributed by atoms with Crippen molar-refractivity contribution in [3.05, 3.63) is 41.1 Å². The molecule has 0 saturated heterocycles. The van der Waals surface area contributed by atoms with E-state index < -0.39 is 0 Å². The lowest BCUT2D eigenvalue weighted by molar-refractivity contribution is -0.115. The van der Waals surface area contributed by atoms with Crippen LogP contribution in [0, 0.1) is 0 Å². The van der Waals surface area contributed by atoms with Crippen molar-refractivity contribution in [1.29, 1.82) is 0 Å². The van der Waals surface area contributed by atoms with E-state index in [0.29, 0.717) is 17.0 Å². The molecule has 0 spiro atoms. The third-order valence-corrected chi connectivity index (χ3v) is 2.94. The van der Waals surface area contributed by atoms with Gasteiger partial charge in [-0.15, -0.1) is 0 Å². The van der Waals surface area contributed by atoms with Gasteiger partial charge < -0.3 is 5.73 Å². The van der Waals surface area contributed by atoms with Crippen LogP contribution in [0.3, 0.4) is 0 Å². The van der Waals surface area contributed by atoms with Crippen molar-refractivity contribution >= 4 is 28.8 Å². The fourth-order valence-electron chi connectivity index (χ4n) is 1.82. The third-order valence-electron chi connectivity index (χ3n) is 2.69. The Morgan fingerprint density at radius 1 is 1.24 bits per heavy atom. The molecule has 1 saturated carbocycles. The molecule has 0 amide bonds. The first kappa shape index (κ1) is 11.9. The molecule has 17 heavy (non-hydrogen) atoms. The van der Waals surface area contributed by atoms with Gasteiger partial charge in [0.1, 0.15) is 0 Å². The van der Waals surface area contributed by atoms with Crippen LogP contribution in [0.5, 0.6) is 0 Å². The van der Waals surface area contributed by atoms with Gasteiger partial charge in [-0.1, -0.05) is 11.6 Å². The zero-order chi connectivity index (χ0) is 12.3. The second-order valence-electron chi connectivity index (χ2n) is 3.89. The van der Waals surface area contributed by atoms with Crippen molar-refractivity contribution in [2.75, 3.05) is 0 Å². The monoisotopic (exact) mass is 248 g/mol. The van der Waals surface area contributed by atoms with Crippen LogP contribution in [-0.4, -0.2) is 11.5 Å². The maximum Gasteiger partial charge on any atom is 0.166 e. The van der Waals surface area contributed by atoms with E-state index in [1.807, 2.05) is 12.1 Å². The molecular formula is C13H13ClN2O. The molecule has 1 fully saturated rings. The van der Waals surface area contributed by atoms with Crippen molar-refractivity contribution in [1.82, 2.24) is 0 Å². The molecule has 1 aliphatic carbocycles. The lowest BCUT2D eigenvalue weighted by atomic mass is 9.92. The number of nitrogens with zero attached hydrogens (tertiary/aromatic N) is 1. The zero-order valence-corrected chi connectivity index (χ0v) is 10.1. The summed E-state index contributed by atoms with van der Waals surface area (Å²) in [6, 6.07) is 7.19. The Hall–Kier alpha value is -1.61. The summed E-state index contributed by atoms with van der Waals surface area (Å²) >= 11 is 5.80. The van der Waals surface area contributed by atoms with Crippen LogP contribution >= 0.6 is 11.6 Å². The summed E-state index contributed by atoms with van der Waals surface area (Å²) in [6.07, 6.45) is 3.54. The number of carbonyl (C=O) groups is 1. The van der Waals surface area contributed by atoms with Gasteiger partial charge >= 0.3 is 0 Å². The van der Waals surface area contributed by atoms with E-state index in [4.69, 9.17) is 17.3 Å². The van der Waals surface area contributed by atoms with E-state index in [9.17, 15) is 4.79 Å². The van der Waals surface area contributed by atoms with Gasteiger partial charge in [-0.3, -0.25) is 9.79 Å². The largest absolute Gasteiger partial charge is 0.404 e. The number of hydrogen-bond acceptors (Lipinski definition) is 3. The van der Waals surface area contributed by atoms with Crippen LogP contribution in [0.2, 0.25) is 5.02 Å². The van der Waals surface area contributed by atoms with E-state index in [0.717, 1.165) is 24.2 Å². The summed E-state index contributed by atoms with van der Waals surface area (Å²) < 4.78 is 0. The van der Waals surface area contributed by atoms with E-state index in [1.165, 1.54) is 6.20 Å². The molecule has 1 aromatic carbocycles. The number of aliphatic imine (C=N–C) groups is 1. The molecule has 1 aromatic rings. The smallest absolute Gasteiger partial charge is 0.166 e. The zero-order valence-electron chi connectivity index (χ0n) is 9.32. The quantitative estimate of drug-likeness (QED) is 0.777. The molecule has 1 aliphatic rings. The van der Waals surface area contributed by atoms with Gasteiger partial charge in [0.05, 0.1) is 17.0 Å². The number of halogens is 1. The highest BCUT2D eigenvalue weighted by atomic mass is 35.5. The van der Waals surface area contributed by atoms with Crippen molar-refractivity contribution in [2.24, 2.45) is 10.7 Å². The first-order valence-electron chi connectivity index (χ1n) is 5.49. The van der Waals surface area contributed by atoms with Gasteiger partial charge in [0.25, 0.3) is 0 Å². The van der Waals surface area contributed by atoms with Crippen molar-refractivity contribution in [2.45, 2.75) is 19.3 Å². The standard InChI is InChI=1S/C13H13ClN2O/c14-9-4-6-10(7-5-9)16-12-2-1-3-13(17)11(12)8-15/h4-8H,1-3,15H2. The summed E-state index contributed by atoms with van der Waals surface area (Å²) in [5.41, 5.74) is 7.58. The van der Waals surface area contributed by atoms with Gasteiger partial charge in [-0.05, 0) is 37.1 Å². The second-order valence-corrected chi connectivity index (χ2v) is 4.33. The summed E-state index contributed by atoms with van der Waals surface area (Å²) in [7, 11) is 0. The molecule has 0 aromatic heterocycles. The van der Waals surface area contributed by atoms with E-state index in [1.54, 1.807) is 12.1 Å². The van der Waals surface area contributed by atoms with Gasteiger partial charge in [0.15, 0.2) is 5.78 Å². The predicted octanol–water partition coefficient (Wildman–Crippen LogP) is 3.01. The topological polar surface area (TPSA) is 55.5 Å². The SMILES string of the molecule is NC=C1C(=O)CCCC1=Nc1ccc(Cl)cc1. The molecule has 0 radical (unpaired) electrons. The number of rotatable bonds is 1. The van der Waals surface area contributed by atoms with Gasteiger partial charge in [-0.2, -0.15) is 0 Å².